The second-order valence-electron chi connectivity index (χ2n) is 4.19. The smallest absolute Gasteiger partial charge is 0.254 e. The zero-order chi connectivity index (χ0) is 13.3. The Labute approximate surface area is 112 Å². The fraction of sp³-hybridized carbons (Fsp3) is 0.417. The summed E-state index contributed by atoms with van der Waals surface area (Å²) in [5.74, 6) is -1.94. The maximum atomic E-state index is 13.4. The Morgan fingerprint density at radius 1 is 1.44 bits per heavy atom. The molecule has 0 radical (unpaired) electrons. The average Bonchev–Trinajstić information content (AvgIpc) is 2.34. The van der Waals surface area contributed by atoms with Crippen molar-refractivity contribution in [3.8, 4) is 0 Å². The highest BCUT2D eigenvalue weighted by molar-refractivity contribution is 9.10. The predicted molar refractivity (Wildman–Crippen MR) is 65.4 cm³/mol. The monoisotopic (exact) mass is 319 g/mol. The van der Waals surface area contributed by atoms with Crippen molar-refractivity contribution in [3.63, 3.8) is 0 Å². The van der Waals surface area contributed by atoms with Crippen LogP contribution in [0.1, 0.15) is 17.3 Å². The molecular weight excluding hydrogens is 308 g/mol. The minimum absolute atomic E-state index is 0.0160. The number of nitrogens with zero attached hydrogens (tertiary/aromatic N) is 1. The zero-order valence-electron chi connectivity index (χ0n) is 9.75. The Morgan fingerprint density at radius 3 is 2.61 bits per heavy atom. The number of benzene rings is 1. The molecule has 6 heteroatoms. The van der Waals surface area contributed by atoms with Gasteiger partial charge in [-0.05, 0) is 35.0 Å². The largest absolute Gasteiger partial charge is 0.375 e. The second kappa shape index (κ2) is 5.32. The third kappa shape index (κ3) is 2.70. The van der Waals surface area contributed by atoms with Gasteiger partial charge < -0.3 is 9.64 Å². The summed E-state index contributed by atoms with van der Waals surface area (Å²) >= 11 is 2.77. The highest BCUT2D eigenvalue weighted by atomic mass is 79.9. The second-order valence-corrected chi connectivity index (χ2v) is 4.98. The quantitative estimate of drug-likeness (QED) is 0.745. The minimum atomic E-state index is -0.778. The fourth-order valence-corrected chi connectivity index (χ4v) is 2.09. The fourth-order valence-electron chi connectivity index (χ4n) is 1.86. The van der Waals surface area contributed by atoms with E-state index in [9.17, 15) is 13.6 Å². The van der Waals surface area contributed by atoms with Crippen molar-refractivity contribution in [1.82, 2.24) is 4.90 Å². The Balaban J connectivity index is 2.23. The third-order valence-corrected chi connectivity index (χ3v) is 3.52. The van der Waals surface area contributed by atoms with Crippen molar-refractivity contribution in [2.75, 3.05) is 19.7 Å². The number of hydrogen-bond donors (Lipinski definition) is 0. The van der Waals surface area contributed by atoms with E-state index in [-0.39, 0.29) is 22.0 Å². The molecule has 3 nitrogen and oxygen atoms in total. The lowest BCUT2D eigenvalue weighted by atomic mass is 10.1. The lowest BCUT2D eigenvalue weighted by molar-refractivity contribution is -0.0124. The van der Waals surface area contributed by atoms with Gasteiger partial charge >= 0.3 is 0 Å². The van der Waals surface area contributed by atoms with Gasteiger partial charge in [-0.2, -0.15) is 0 Å². The van der Waals surface area contributed by atoms with E-state index in [1.165, 1.54) is 4.90 Å². The molecule has 1 saturated heterocycles. The van der Waals surface area contributed by atoms with Crippen LogP contribution in [0.3, 0.4) is 0 Å². The number of ether oxygens (including phenoxy) is 1. The molecule has 0 N–H and O–H groups in total. The number of amides is 1. The average molecular weight is 320 g/mol. The first-order valence-corrected chi connectivity index (χ1v) is 6.33. The number of hydrogen-bond acceptors (Lipinski definition) is 2. The van der Waals surface area contributed by atoms with Gasteiger partial charge in [-0.3, -0.25) is 4.79 Å². The first kappa shape index (κ1) is 13.4. The Bertz CT molecular complexity index is 458. The molecule has 0 saturated carbocycles. The highest BCUT2D eigenvalue weighted by Crippen LogP contribution is 2.22. The summed E-state index contributed by atoms with van der Waals surface area (Å²) in [6.07, 6.45) is -0.0622. The number of carbonyl (C=O) groups excluding carboxylic acids is 1. The maximum absolute atomic E-state index is 13.4. The summed E-state index contributed by atoms with van der Waals surface area (Å²) in [7, 11) is 0. The van der Waals surface area contributed by atoms with Crippen LogP contribution in [-0.2, 0) is 4.74 Å². The van der Waals surface area contributed by atoms with Crippen molar-refractivity contribution < 1.29 is 18.3 Å². The van der Waals surface area contributed by atoms with Gasteiger partial charge in [0.25, 0.3) is 5.91 Å². The molecule has 1 aromatic carbocycles. The molecule has 1 heterocycles. The predicted octanol–water partition coefficient (Wildman–Crippen LogP) is 2.59. The molecule has 1 amide bonds. The van der Waals surface area contributed by atoms with Crippen LogP contribution in [0.25, 0.3) is 0 Å². The summed E-state index contributed by atoms with van der Waals surface area (Å²) in [6, 6.07) is 2.07. The molecule has 0 aromatic heterocycles. The van der Waals surface area contributed by atoms with Crippen molar-refractivity contribution in [2.45, 2.75) is 13.0 Å². The van der Waals surface area contributed by atoms with Gasteiger partial charge in [0.1, 0.15) is 11.6 Å². The molecule has 1 aliphatic rings. The van der Waals surface area contributed by atoms with Gasteiger partial charge in [0.15, 0.2) is 0 Å². The molecule has 1 aromatic rings. The van der Waals surface area contributed by atoms with Crippen LogP contribution >= 0.6 is 15.9 Å². The van der Waals surface area contributed by atoms with Crippen LogP contribution in [0.5, 0.6) is 0 Å². The number of halogens is 3. The van der Waals surface area contributed by atoms with Crippen molar-refractivity contribution in [1.29, 1.82) is 0 Å². The van der Waals surface area contributed by atoms with Crippen LogP contribution in [0.4, 0.5) is 8.78 Å². The topological polar surface area (TPSA) is 29.5 Å². The van der Waals surface area contributed by atoms with Gasteiger partial charge in [0.2, 0.25) is 0 Å². The lowest BCUT2D eigenvalue weighted by Crippen LogP contribution is -2.44. The van der Waals surface area contributed by atoms with Gasteiger partial charge in [0, 0.05) is 18.7 Å². The SMILES string of the molecule is C[C@H]1CN(C(=O)c2cc(F)c(Br)c(F)c2)CCO1. The van der Waals surface area contributed by atoms with Crippen LogP contribution in [0, 0.1) is 11.6 Å². The molecule has 1 atom stereocenters. The minimum Gasteiger partial charge on any atom is -0.375 e. The Kier molecular flexibility index (Phi) is 3.97. The van der Waals surface area contributed by atoms with Crippen LogP contribution in [0.2, 0.25) is 0 Å². The lowest BCUT2D eigenvalue weighted by Gasteiger charge is -2.31. The highest BCUT2D eigenvalue weighted by Gasteiger charge is 2.24. The van der Waals surface area contributed by atoms with Gasteiger partial charge in [-0.25, -0.2) is 8.78 Å². The first-order chi connectivity index (χ1) is 8.49. The summed E-state index contributed by atoms with van der Waals surface area (Å²) in [5, 5.41) is 0. The molecule has 98 valence electrons. The van der Waals surface area contributed by atoms with Gasteiger partial charge in [-0.15, -0.1) is 0 Å². The van der Waals surface area contributed by atoms with E-state index < -0.39 is 11.6 Å². The van der Waals surface area contributed by atoms with E-state index in [1.54, 1.807) is 0 Å². The third-order valence-electron chi connectivity index (χ3n) is 2.76. The Morgan fingerprint density at radius 2 is 2.06 bits per heavy atom. The van der Waals surface area contributed by atoms with E-state index in [1.807, 2.05) is 6.92 Å². The normalized spacial score (nSPS) is 20.0. The molecule has 18 heavy (non-hydrogen) atoms. The van der Waals surface area contributed by atoms with Gasteiger partial charge in [-0.1, -0.05) is 0 Å². The number of carbonyl (C=O) groups is 1. The first-order valence-electron chi connectivity index (χ1n) is 5.54. The zero-order valence-corrected chi connectivity index (χ0v) is 11.3. The summed E-state index contributed by atoms with van der Waals surface area (Å²) < 4.78 is 31.8. The standard InChI is InChI=1S/C12H12BrF2NO2/c1-7-6-16(2-3-18-7)12(17)8-4-9(14)11(13)10(15)5-8/h4-5,7H,2-3,6H2,1H3/t7-/m0/s1. The maximum Gasteiger partial charge on any atom is 0.254 e. The number of rotatable bonds is 1. The molecule has 0 aliphatic carbocycles. The summed E-state index contributed by atoms with van der Waals surface area (Å²) in [4.78, 5) is 13.6. The summed E-state index contributed by atoms with van der Waals surface area (Å²) in [6.45, 7) is 3.15. The van der Waals surface area contributed by atoms with E-state index in [0.717, 1.165) is 12.1 Å². The van der Waals surface area contributed by atoms with E-state index >= 15 is 0 Å². The molecule has 0 spiro atoms. The molecule has 1 fully saturated rings. The number of morpholine rings is 1. The van der Waals surface area contributed by atoms with Crippen LogP contribution in [-0.4, -0.2) is 36.6 Å². The Hall–Kier alpha value is -1.01. The van der Waals surface area contributed by atoms with Crippen LogP contribution in [0.15, 0.2) is 16.6 Å². The van der Waals surface area contributed by atoms with E-state index in [4.69, 9.17) is 4.74 Å². The van der Waals surface area contributed by atoms with E-state index in [0.29, 0.717) is 19.7 Å². The summed E-state index contributed by atoms with van der Waals surface area (Å²) in [5.41, 5.74) is 0.0160. The van der Waals surface area contributed by atoms with Crippen molar-refractivity contribution in [2.24, 2.45) is 0 Å². The van der Waals surface area contributed by atoms with Crippen LogP contribution < -0.4 is 0 Å². The molecule has 2 rings (SSSR count). The molecule has 0 bridgehead atoms. The molecule has 0 unspecified atom stereocenters. The molecular formula is C12H12BrF2NO2. The van der Waals surface area contributed by atoms with Crippen molar-refractivity contribution >= 4 is 21.8 Å². The van der Waals surface area contributed by atoms with Crippen molar-refractivity contribution in [3.05, 3.63) is 33.8 Å². The molecule has 1 aliphatic heterocycles. The van der Waals surface area contributed by atoms with E-state index in [2.05, 4.69) is 15.9 Å². The van der Waals surface area contributed by atoms with Gasteiger partial charge in [0.05, 0.1) is 17.2 Å².